The normalized spacial score (nSPS) is 19.6. The van der Waals surface area contributed by atoms with Crippen molar-refractivity contribution in [1.82, 2.24) is 10.2 Å². The molecule has 0 aliphatic carbocycles. The fourth-order valence-electron chi connectivity index (χ4n) is 2.93. The van der Waals surface area contributed by atoms with E-state index in [0.717, 1.165) is 25.0 Å². The Morgan fingerprint density at radius 2 is 1.96 bits per heavy atom. The van der Waals surface area contributed by atoms with Gasteiger partial charge in [-0.25, -0.2) is 4.79 Å². The monoisotopic (exact) mass is 374 g/mol. The average molecular weight is 375 g/mol. The van der Waals surface area contributed by atoms with E-state index in [2.05, 4.69) is 12.2 Å². The van der Waals surface area contributed by atoms with Gasteiger partial charge in [0.1, 0.15) is 12.1 Å². The molecule has 1 fully saturated rings. The van der Waals surface area contributed by atoms with Crippen molar-refractivity contribution in [2.75, 3.05) is 18.1 Å². The first kappa shape index (κ1) is 21.8. The van der Waals surface area contributed by atoms with Gasteiger partial charge >= 0.3 is 11.9 Å². The smallest absolute Gasteiger partial charge is 0.326 e. The number of likely N-dealkylation sites (tertiary alicyclic amines) is 1. The Hall–Kier alpha value is -1.28. The maximum absolute atomic E-state index is 12.5. The molecule has 0 aromatic carbocycles. The number of carboxylic acid groups (broad SMARTS) is 2. The van der Waals surface area contributed by atoms with Gasteiger partial charge < -0.3 is 15.1 Å². The molecule has 0 aromatic heterocycles. The Morgan fingerprint density at radius 3 is 2.56 bits per heavy atom. The van der Waals surface area contributed by atoms with E-state index in [9.17, 15) is 24.6 Å². The lowest BCUT2D eigenvalue weighted by Crippen LogP contribution is -2.53. The van der Waals surface area contributed by atoms with Crippen molar-refractivity contribution in [2.45, 2.75) is 70.5 Å². The molecule has 1 heterocycles. The lowest BCUT2D eigenvalue weighted by atomic mass is 10.2. The highest BCUT2D eigenvalue weighted by molar-refractivity contribution is 7.99. The van der Waals surface area contributed by atoms with E-state index in [4.69, 9.17) is 0 Å². The summed E-state index contributed by atoms with van der Waals surface area (Å²) < 4.78 is 0. The number of thioether (sulfide) groups is 1. The molecule has 1 aliphatic rings. The minimum Gasteiger partial charge on any atom is -0.480 e. The fraction of sp³-hybridized carbons (Fsp3) is 0.824. The summed E-state index contributed by atoms with van der Waals surface area (Å²) in [6.45, 7) is 4.15. The van der Waals surface area contributed by atoms with Crippen LogP contribution in [0.15, 0.2) is 0 Å². The van der Waals surface area contributed by atoms with Crippen molar-refractivity contribution in [2.24, 2.45) is 0 Å². The highest BCUT2D eigenvalue weighted by Gasteiger charge is 2.36. The summed E-state index contributed by atoms with van der Waals surface area (Å²) in [5.41, 5.74) is 0. The molecule has 3 N–H and O–H groups in total. The molecular weight excluding hydrogens is 344 g/mol. The van der Waals surface area contributed by atoms with E-state index in [1.54, 1.807) is 18.7 Å². The topological polar surface area (TPSA) is 107 Å². The molecule has 0 bridgehead atoms. The van der Waals surface area contributed by atoms with Crippen molar-refractivity contribution in [3.63, 3.8) is 0 Å². The first-order valence-corrected chi connectivity index (χ1v) is 10.1. The Labute approximate surface area is 153 Å². The number of hydrogen-bond acceptors (Lipinski definition) is 5. The van der Waals surface area contributed by atoms with Gasteiger partial charge in [0.2, 0.25) is 5.91 Å². The van der Waals surface area contributed by atoms with Crippen molar-refractivity contribution >= 4 is 29.6 Å². The summed E-state index contributed by atoms with van der Waals surface area (Å²) >= 11 is 1.57. The van der Waals surface area contributed by atoms with Crippen LogP contribution in [0.1, 0.15) is 52.4 Å². The molecule has 1 amide bonds. The molecule has 25 heavy (non-hydrogen) atoms. The lowest BCUT2D eigenvalue weighted by molar-refractivity contribution is -0.149. The highest BCUT2D eigenvalue weighted by Crippen LogP contribution is 2.19. The second-order valence-electron chi connectivity index (χ2n) is 6.44. The van der Waals surface area contributed by atoms with E-state index < -0.39 is 30.1 Å². The Morgan fingerprint density at radius 1 is 1.24 bits per heavy atom. The van der Waals surface area contributed by atoms with Gasteiger partial charge in [0.15, 0.2) is 0 Å². The maximum atomic E-state index is 12.5. The van der Waals surface area contributed by atoms with Gasteiger partial charge in [-0.2, -0.15) is 11.8 Å². The maximum Gasteiger partial charge on any atom is 0.326 e. The number of nitrogens with one attached hydrogen (secondary N) is 1. The van der Waals surface area contributed by atoms with Gasteiger partial charge in [-0.3, -0.25) is 14.9 Å². The van der Waals surface area contributed by atoms with Gasteiger partial charge in [0.05, 0.1) is 6.04 Å². The number of carbonyl (C=O) groups excluding carboxylic acids is 1. The van der Waals surface area contributed by atoms with Crippen LogP contribution in [-0.2, 0) is 14.4 Å². The Balaban J connectivity index is 2.46. The van der Waals surface area contributed by atoms with Gasteiger partial charge in [0, 0.05) is 12.3 Å². The number of hydrogen-bond donors (Lipinski definition) is 3. The molecule has 0 radical (unpaired) electrons. The first-order chi connectivity index (χ1) is 11.9. The molecule has 7 nitrogen and oxygen atoms in total. The summed E-state index contributed by atoms with van der Waals surface area (Å²) in [6.07, 6.45) is 5.67. The SMILES string of the molecule is CCCCCCSC[C@H](N[C@@H](C)C(=O)N1CCC[C@H]1C(=O)O)C(=O)O. The van der Waals surface area contributed by atoms with E-state index >= 15 is 0 Å². The van der Waals surface area contributed by atoms with E-state index in [1.165, 1.54) is 11.3 Å². The number of amides is 1. The van der Waals surface area contributed by atoms with Gasteiger partial charge in [-0.1, -0.05) is 26.2 Å². The lowest BCUT2D eigenvalue weighted by Gasteiger charge is -2.27. The quantitative estimate of drug-likeness (QED) is 0.447. The van der Waals surface area contributed by atoms with Gasteiger partial charge in [-0.15, -0.1) is 0 Å². The molecule has 0 aromatic rings. The summed E-state index contributed by atoms with van der Waals surface area (Å²) in [4.78, 5) is 36.4. The number of carbonyl (C=O) groups is 3. The van der Waals surface area contributed by atoms with Gasteiger partial charge in [0.25, 0.3) is 0 Å². The predicted molar refractivity (Wildman–Crippen MR) is 97.9 cm³/mol. The fourth-order valence-corrected chi connectivity index (χ4v) is 3.98. The zero-order valence-corrected chi connectivity index (χ0v) is 15.9. The third-order valence-corrected chi connectivity index (χ3v) is 5.51. The third kappa shape index (κ3) is 7.23. The Bertz CT molecular complexity index is 460. The molecule has 3 atom stereocenters. The van der Waals surface area contributed by atoms with Gasteiger partial charge in [-0.05, 0) is 31.9 Å². The molecule has 0 spiro atoms. The summed E-state index contributed by atoms with van der Waals surface area (Å²) in [7, 11) is 0. The van der Waals surface area contributed by atoms with E-state index in [1.807, 2.05) is 0 Å². The third-order valence-electron chi connectivity index (χ3n) is 4.37. The molecule has 144 valence electrons. The Kier molecular flexibility index (Phi) is 9.89. The number of carboxylic acids is 2. The van der Waals surface area contributed by atoms with E-state index in [0.29, 0.717) is 25.1 Å². The molecule has 1 aliphatic heterocycles. The van der Waals surface area contributed by atoms with Crippen molar-refractivity contribution in [1.29, 1.82) is 0 Å². The highest BCUT2D eigenvalue weighted by atomic mass is 32.2. The zero-order chi connectivity index (χ0) is 18.8. The van der Waals surface area contributed by atoms with Crippen LogP contribution in [0.3, 0.4) is 0 Å². The molecule has 0 saturated carbocycles. The number of aliphatic carboxylic acids is 2. The zero-order valence-electron chi connectivity index (χ0n) is 15.1. The predicted octanol–water partition coefficient (Wildman–Crippen LogP) is 1.81. The molecule has 0 unspecified atom stereocenters. The largest absolute Gasteiger partial charge is 0.480 e. The second-order valence-corrected chi connectivity index (χ2v) is 7.59. The van der Waals surface area contributed by atoms with Crippen LogP contribution in [0.2, 0.25) is 0 Å². The molecule has 1 rings (SSSR count). The van der Waals surface area contributed by atoms with Crippen LogP contribution in [0.5, 0.6) is 0 Å². The molecule has 1 saturated heterocycles. The van der Waals surface area contributed by atoms with Crippen LogP contribution < -0.4 is 5.32 Å². The van der Waals surface area contributed by atoms with Crippen LogP contribution in [-0.4, -0.2) is 69.1 Å². The van der Waals surface area contributed by atoms with Crippen LogP contribution in [0.25, 0.3) is 0 Å². The average Bonchev–Trinajstić information content (AvgIpc) is 3.05. The molecular formula is C17H30N2O5S. The minimum atomic E-state index is -1.00. The summed E-state index contributed by atoms with van der Waals surface area (Å²) in [5, 5.41) is 21.4. The van der Waals surface area contributed by atoms with E-state index in [-0.39, 0.29) is 5.91 Å². The number of rotatable bonds is 12. The standard InChI is InChI=1S/C17H30N2O5S/c1-3-4-5-6-10-25-11-13(16(21)22)18-12(2)15(20)19-9-7-8-14(19)17(23)24/h12-14,18H,3-11H2,1-2H3,(H,21,22)(H,23,24)/t12-,13-,14-/m0/s1. The minimum absolute atomic E-state index is 0.343. The number of nitrogens with zero attached hydrogens (tertiary/aromatic N) is 1. The first-order valence-electron chi connectivity index (χ1n) is 8.98. The van der Waals surface area contributed by atoms with Crippen LogP contribution in [0.4, 0.5) is 0 Å². The number of unbranched alkanes of at least 4 members (excludes halogenated alkanes) is 3. The van der Waals surface area contributed by atoms with Crippen molar-refractivity contribution in [3.05, 3.63) is 0 Å². The van der Waals surface area contributed by atoms with Crippen LogP contribution >= 0.6 is 11.8 Å². The summed E-state index contributed by atoms with van der Waals surface area (Å²) in [5.74, 6) is -1.04. The summed E-state index contributed by atoms with van der Waals surface area (Å²) in [6, 6.07) is -2.34. The second kappa shape index (κ2) is 11.4. The van der Waals surface area contributed by atoms with Crippen molar-refractivity contribution in [3.8, 4) is 0 Å². The molecule has 8 heteroatoms. The van der Waals surface area contributed by atoms with Crippen molar-refractivity contribution < 1.29 is 24.6 Å². The van der Waals surface area contributed by atoms with Crippen LogP contribution in [0, 0.1) is 0 Å².